The largest absolute Gasteiger partial charge is 0.349 e. The molecule has 1 N–H and O–H groups in total. The van der Waals surface area contributed by atoms with Gasteiger partial charge in [0.15, 0.2) is 0 Å². The van der Waals surface area contributed by atoms with Crippen molar-refractivity contribution < 1.29 is 4.79 Å². The van der Waals surface area contributed by atoms with Gasteiger partial charge in [-0.25, -0.2) is 4.79 Å². The number of benzene rings is 1. The molecule has 2 heteroatoms. The highest BCUT2D eigenvalue weighted by Crippen LogP contribution is 2.28. The quantitative estimate of drug-likeness (QED) is 0.608. The lowest BCUT2D eigenvalue weighted by Crippen LogP contribution is -2.18. The number of allylic oxidation sites excluding steroid dienone is 1. The van der Waals surface area contributed by atoms with Crippen LogP contribution in [0.3, 0.4) is 0 Å². The Bertz CT molecular complexity index is 377. The normalized spacial score (nSPS) is 20.1. The minimum absolute atomic E-state index is 0.257. The standard InChI is InChI=1S/C11H11NO/c1-8-6-9-4-2-3-5-10(9)12-11(8)7-13/h2-5,8,12H,6H2,1H3. The van der Waals surface area contributed by atoms with Crippen molar-refractivity contribution in [3.63, 3.8) is 0 Å². The van der Waals surface area contributed by atoms with Crippen LogP contribution in [0, 0.1) is 5.92 Å². The van der Waals surface area contributed by atoms with Gasteiger partial charge in [-0.2, -0.15) is 0 Å². The molecule has 0 saturated heterocycles. The van der Waals surface area contributed by atoms with Gasteiger partial charge < -0.3 is 5.32 Å². The van der Waals surface area contributed by atoms with Gasteiger partial charge >= 0.3 is 0 Å². The third-order valence-electron chi connectivity index (χ3n) is 2.42. The van der Waals surface area contributed by atoms with Crippen molar-refractivity contribution in [2.45, 2.75) is 13.3 Å². The van der Waals surface area contributed by atoms with E-state index in [9.17, 15) is 4.79 Å². The van der Waals surface area contributed by atoms with Gasteiger partial charge in [0, 0.05) is 11.6 Å². The Kier molecular flexibility index (Phi) is 1.91. The van der Waals surface area contributed by atoms with Crippen molar-refractivity contribution >= 4 is 11.6 Å². The predicted molar refractivity (Wildman–Crippen MR) is 52.1 cm³/mol. The minimum Gasteiger partial charge on any atom is -0.349 e. The zero-order chi connectivity index (χ0) is 9.26. The molecule has 0 spiro atoms. The van der Waals surface area contributed by atoms with Crippen LogP contribution in [0.5, 0.6) is 0 Å². The van der Waals surface area contributed by atoms with Crippen molar-refractivity contribution in [1.82, 2.24) is 0 Å². The number of nitrogens with one attached hydrogen (secondary N) is 1. The van der Waals surface area contributed by atoms with E-state index in [1.165, 1.54) is 5.56 Å². The first kappa shape index (κ1) is 8.09. The van der Waals surface area contributed by atoms with Crippen LogP contribution in [-0.4, -0.2) is 5.94 Å². The zero-order valence-electron chi connectivity index (χ0n) is 7.50. The fourth-order valence-corrected chi connectivity index (χ4v) is 1.65. The first-order chi connectivity index (χ1) is 6.31. The molecule has 66 valence electrons. The molecule has 2 rings (SSSR count). The molecule has 0 aromatic heterocycles. The van der Waals surface area contributed by atoms with Gasteiger partial charge in [0.1, 0.15) is 11.6 Å². The number of hydrogen-bond acceptors (Lipinski definition) is 2. The van der Waals surface area contributed by atoms with E-state index in [0.29, 0.717) is 5.70 Å². The van der Waals surface area contributed by atoms with E-state index in [0.717, 1.165) is 12.1 Å². The molecule has 1 aromatic rings. The molecule has 0 aliphatic carbocycles. The maximum Gasteiger partial charge on any atom is 0.146 e. The molecule has 0 saturated carbocycles. The second kappa shape index (κ2) is 3.08. The molecule has 0 radical (unpaired) electrons. The first-order valence-electron chi connectivity index (χ1n) is 4.41. The van der Waals surface area contributed by atoms with Crippen LogP contribution in [0.1, 0.15) is 12.5 Å². The van der Waals surface area contributed by atoms with Crippen LogP contribution in [0.15, 0.2) is 30.0 Å². The van der Waals surface area contributed by atoms with Crippen molar-refractivity contribution in [1.29, 1.82) is 0 Å². The van der Waals surface area contributed by atoms with Crippen molar-refractivity contribution in [3.05, 3.63) is 35.5 Å². The molecular formula is C11H11NO. The zero-order valence-corrected chi connectivity index (χ0v) is 7.50. The van der Waals surface area contributed by atoms with E-state index in [2.05, 4.69) is 11.4 Å². The number of hydrogen-bond donors (Lipinski definition) is 1. The summed E-state index contributed by atoms with van der Waals surface area (Å²) >= 11 is 0. The number of carbonyl (C=O) groups excluding carboxylic acids is 1. The van der Waals surface area contributed by atoms with Crippen LogP contribution in [0.4, 0.5) is 5.69 Å². The maximum atomic E-state index is 10.6. The average molecular weight is 173 g/mol. The lowest BCUT2D eigenvalue weighted by molar-refractivity contribution is 0.559. The molecule has 0 bridgehead atoms. The lowest BCUT2D eigenvalue weighted by atomic mass is 9.93. The van der Waals surface area contributed by atoms with Gasteiger partial charge in [0.25, 0.3) is 0 Å². The lowest BCUT2D eigenvalue weighted by Gasteiger charge is -2.23. The highest BCUT2D eigenvalue weighted by atomic mass is 16.1. The van der Waals surface area contributed by atoms with Crippen LogP contribution < -0.4 is 5.32 Å². The maximum absolute atomic E-state index is 10.6. The molecule has 1 aliphatic heterocycles. The summed E-state index contributed by atoms with van der Waals surface area (Å²) in [6.45, 7) is 2.03. The SMILES string of the molecule is CC1Cc2ccccc2NC1=C=O. The summed E-state index contributed by atoms with van der Waals surface area (Å²) in [6.07, 6.45) is 0.924. The smallest absolute Gasteiger partial charge is 0.146 e. The Morgan fingerprint density at radius 2 is 2.23 bits per heavy atom. The highest BCUT2D eigenvalue weighted by Gasteiger charge is 2.19. The number of para-hydroxylation sites is 1. The van der Waals surface area contributed by atoms with E-state index in [4.69, 9.17) is 0 Å². The van der Waals surface area contributed by atoms with E-state index < -0.39 is 0 Å². The molecule has 0 fully saturated rings. The third-order valence-corrected chi connectivity index (χ3v) is 2.42. The molecule has 13 heavy (non-hydrogen) atoms. The summed E-state index contributed by atoms with van der Waals surface area (Å²) in [4.78, 5) is 10.6. The van der Waals surface area contributed by atoms with Crippen molar-refractivity contribution in [2.75, 3.05) is 5.32 Å². The van der Waals surface area contributed by atoms with Crippen LogP contribution in [0.25, 0.3) is 0 Å². The van der Waals surface area contributed by atoms with Gasteiger partial charge in [0.2, 0.25) is 0 Å². The Labute approximate surface area is 77.3 Å². The van der Waals surface area contributed by atoms with Crippen LogP contribution >= 0.6 is 0 Å². The minimum atomic E-state index is 0.257. The van der Waals surface area contributed by atoms with E-state index in [-0.39, 0.29) is 5.92 Å². The molecular weight excluding hydrogens is 162 g/mol. The number of anilines is 1. The van der Waals surface area contributed by atoms with Crippen molar-refractivity contribution in [3.8, 4) is 0 Å². The predicted octanol–water partition coefficient (Wildman–Crippen LogP) is 2.01. The molecule has 1 aliphatic rings. The molecule has 2 nitrogen and oxygen atoms in total. The van der Waals surface area contributed by atoms with Crippen molar-refractivity contribution in [2.24, 2.45) is 5.92 Å². The van der Waals surface area contributed by atoms with Crippen LogP contribution in [-0.2, 0) is 11.2 Å². The number of fused-ring (bicyclic) bond motifs is 1. The Hall–Kier alpha value is -1.53. The summed E-state index contributed by atoms with van der Waals surface area (Å²) in [6, 6.07) is 8.05. The fraction of sp³-hybridized carbons (Fsp3) is 0.273. The third kappa shape index (κ3) is 1.36. The van der Waals surface area contributed by atoms with E-state index in [1.807, 2.05) is 31.1 Å². The van der Waals surface area contributed by atoms with Crippen LogP contribution in [0.2, 0.25) is 0 Å². The second-order valence-electron chi connectivity index (χ2n) is 3.40. The first-order valence-corrected chi connectivity index (χ1v) is 4.41. The van der Waals surface area contributed by atoms with E-state index in [1.54, 1.807) is 0 Å². The number of rotatable bonds is 0. The van der Waals surface area contributed by atoms with Gasteiger partial charge in [-0.05, 0) is 18.1 Å². The fourth-order valence-electron chi connectivity index (χ4n) is 1.65. The Morgan fingerprint density at radius 1 is 1.46 bits per heavy atom. The monoisotopic (exact) mass is 173 g/mol. The summed E-state index contributed by atoms with van der Waals surface area (Å²) in [5.74, 6) is 2.21. The molecule has 1 heterocycles. The van der Waals surface area contributed by atoms with Gasteiger partial charge in [-0.15, -0.1) is 0 Å². The average Bonchev–Trinajstić information content (AvgIpc) is 2.17. The molecule has 0 amide bonds. The molecule has 1 aromatic carbocycles. The summed E-state index contributed by atoms with van der Waals surface area (Å²) in [5, 5.41) is 3.09. The topological polar surface area (TPSA) is 29.1 Å². The molecule has 1 atom stereocenters. The van der Waals surface area contributed by atoms with E-state index >= 15 is 0 Å². The Balaban J connectivity index is 2.44. The highest BCUT2D eigenvalue weighted by molar-refractivity contribution is 5.67. The Morgan fingerprint density at radius 3 is 3.00 bits per heavy atom. The van der Waals surface area contributed by atoms with Gasteiger partial charge in [0.05, 0.1) is 0 Å². The van der Waals surface area contributed by atoms with Gasteiger partial charge in [-0.1, -0.05) is 25.1 Å². The summed E-state index contributed by atoms with van der Waals surface area (Å²) in [5.41, 5.74) is 2.98. The molecule has 1 unspecified atom stereocenters. The summed E-state index contributed by atoms with van der Waals surface area (Å²) in [7, 11) is 0. The second-order valence-corrected chi connectivity index (χ2v) is 3.40. The summed E-state index contributed by atoms with van der Waals surface area (Å²) < 4.78 is 0. The van der Waals surface area contributed by atoms with Gasteiger partial charge in [-0.3, -0.25) is 0 Å².